The highest BCUT2D eigenvalue weighted by Gasteiger charge is 2.29. The van der Waals surface area contributed by atoms with Gasteiger partial charge in [0, 0.05) is 12.7 Å². The maximum Gasteiger partial charge on any atom is 0.242 e. The van der Waals surface area contributed by atoms with Crippen LogP contribution in [-0.4, -0.2) is 36.7 Å². The summed E-state index contributed by atoms with van der Waals surface area (Å²) in [5, 5.41) is 8.75. The van der Waals surface area contributed by atoms with Crippen LogP contribution in [0.2, 0.25) is 0 Å². The first kappa shape index (κ1) is 12.1. The lowest BCUT2D eigenvalue weighted by Gasteiger charge is -2.34. The second-order valence-corrected chi connectivity index (χ2v) is 3.94. The van der Waals surface area contributed by atoms with Crippen molar-refractivity contribution in [2.24, 2.45) is 5.73 Å². The van der Waals surface area contributed by atoms with Gasteiger partial charge in [-0.15, -0.1) is 0 Å². The van der Waals surface area contributed by atoms with E-state index in [1.165, 1.54) is 12.3 Å². The molecule has 0 saturated carbocycles. The summed E-state index contributed by atoms with van der Waals surface area (Å²) in [5.74, 6) is -0.0265. The fourth-order valence-electron chi connectivity index (χ4n) is 1.87. The standard InChI is InChI=1S/C11H13N5O2/c12-4-7-3-8(13)11(15-5-7)16-1-2-18-6-9(16)10(14)17/h3,5,9H,1-2,6,13H2,(H2,14,17). The monoisotopic (exact) mass is 247 g/mol. The number of carbonyl (C=O) groups excluding carboxylic acids is 1. The first-order chi connectivity index (χ1) is 8.63. The van der Waals surface area contributed by atoms with Crippen molar-refractivity contribution in [3.63, 3.8) is 0 Å². The summed E-state index contributed by atoms with van der Waals surface area (Å²) in [4.78, 5) is 17.2. The molecule has 0 spiro atoms. The molecule has 7 heteroatoms. The summed E-state index contributed by atoms with van der Waals surface area (Å²) < 4.78 is 5.22. The van der Waals surface area contributed by atoms with Crippen molar-refractivity contribution in [3.05, 3.63) is 17.8 Å². The number of aromatic nitrogens is 1. The zero-order valence-corrected chi connectivity index (χ0v) is 9.67. The Kier molecular flexibility index (Phi) is 3.30. The predicted molar refractivity (Wildman–Crippen MR) is 64.5 cm³/mol. The molecule has 7 nitrogen and oxygen atoms in total. The third-order valence-corrected chi connectivity index (χ3v) is 2.75. The summed E-state index contributed by atoms with van der Waals surface area (Å²) >= 11 is 0. The Morgan fingerprint density at radius 3 is 3.06 bits per heavy atom. The smallest absolute Gasteiger partial charge is 0.242 e. The van der Waals surface area contributed by atoms with Crippen LogP contribution in [0.4, 0.5) is 11.5 Å². The van der Waals surface area contributed by atoms with Gasteiger partial charge < -0.3 is 21.1 Å². The van der Waals surface area contributed by atoms with Gasteiger partial charge in [0.15, 0.2) is 5.82 Å². The third-order valence-electron chi connectivity index (χ3n) is 2.75. The number of morpholine rings is 1. The second-order valence-electron chi connectivity index (χ2n) is 3.94. The van der Waals surface area contributed by atoms with E-state index in [1.54, 1.807) is 4.90 Å². The first-order valence-corrected chi connectivity index (χ1v) is 5.43. The van der Waals surface area contributed by atoms with Gasteiger partial charge >= 0.3 is 0 Å². The molecule has 94 valence electrons. The molecule has 0 aromatic carbocycles. The number of amides is 1. The highest BCUT2D eigenvalue weighted by Crippen LogP contribution is 2.24. The van der Waals surface area contributed by atoms with Gasteiger partial charge in [-0.25, -0.2) is 4.98 Å². The van der Waals surface area contributed by atoms with Gasteiger partial charge in [-0.05, 0) is 6.07 Å². The van der Waals surface area contributed by atoms with Crippen LogP contribution in [0.5, 0.6) is 0 Å². The molecule has 1 aromatic heterocycles. The van der Waals surface area contributed by atoms with E-state index in [1.807, 2.05) is 6.07 Å². The van der Waals surface area contributed by atoms with E-state index in [0.717, 1.165) is 0 Å². The van der Waals surface area contributed by atoms with E-state index in [4.69, 9.17) is 21.5 Å². The highest BCUT2D eigenvalue weighted by molar-refractivity contribution is 5.85. The SMILES string of the molecule is N#Cc1cnc(N2CCOCC2C(N)=O)c(N)c1. The Morgan fingerprint density at radius 1 is 1.67 bits per heavy atom. The number of pyridine rings is 1. The molecule has 0 radical (unpaired) electrons. The van der Waals surface area contributed by atoms with Gasteiger partial charge in [0.1, 0.15) is 12.1 Å². The van der Waals surface area contributed by atoms with E-state index >= 15 is 0 Å². The summed E-state index contributed by atoms with van der Waals surface area (Å²) in [5.41, 5.74) is 11.9. The highest BCUT2D eigenvalue weighted by atomic mass is 16.5. The Bertz CT molecular complexity index is 511. The molecule has 1 fully saturated rings. The minimum atomic E-state index is -0.582. The largest absolute Gasteiger partial charge is 0.396 e. The molecule has 1 unspecified atom stereocenters. The summed E-state index contributed by atoms with van der Waals surface area (Å²) in [6, 6.07) is 2.90. The Morgan fingerprint density at radius 2 is 2.44 bits per heavy atom. The maximum atomic E-state index is 11.4. The second kappa shape index (κ2) is 4.89. The van der Waals surface area contributed by atoms with Crippen LogP contribution in [0.15, 0.2) is 12.3 Å². The summed E-state index contributed by atoms with van der Waals surface area (Å²) in [7, 11) is 0. The minimum absolute atomic E-state index is 0.219. The normalized spacial score (nSPS) is 19.3. The molecule has 0 aliphatic carbocycles. The minimum Gasteiger partial charge on any atom is -0.396 e. The number of nitriles is 1. The first-order valence-electron chi connectivity index (χ1n) is 5.43. The fraction of sp³-hybridized carbons (Fsp3) is 0.364. The molecule has 1 atom stereocenters. The Hall–Kier alpha value is -2.33. The number of carbonyl (C=O) groups is 1. The number of nitrogens with zero attached hydrogens (tertiary/aromatic N) is 3. The van der Waals surface area contributed by atoms with Crippen molar-refractivity contribution in [3.8, 4) is 6.07 Å². The molecular formula is C11H13N5O2. The van der Waals surface area contributed by atoms with Crippen LogP contribution in [0.1, 0.15) is 5.56 Å². The number of ether oxygens (including phenoxy) is 1. The molecular weight excluding hydrogens is 234 g/mol. The van der Waals surface area contributed by atoms with Crippen LogP contribution >= 0.6 is 0 Å². The zero-order chi connectivity index (χ0) is 13.1. The number of rotatable bonds is 2. The lowest BCUT2D eigenvalue weighted by atomic mass is 10.2. The van der Waals surface area contributed by atoms with Gasteiger partial charge in [0.2, 0.25) is 5.91 Å². The molecule has 1 aromatic rings. The number of hydrogen-bond donors (Lipinski definition) is 2. The lowest BCUT2D eigenvalue weighted by molar-refractivity contribution is -0.121. The Labute approximate surface area is 104 Å². The number of nitrogens with two attached hydrogens (primary N) is 2. The van der Waals surface area contributed by atoms with Crippen molar-refractivity contribution >= 4 is 17.4 Å². The van der Waals surface area contributed by atoms with Gasteiger partial charge in [0.05, 0.1) is 24.5 Å². The number of nitrogen functional groups attached to an aromatic ring is 1. The fourth-order valence-corrected chi connectivity index (χ4v) is 1.87. The van der Waals surface area contributed by atoms with Crippen molar-refractivity contribution in [1.29, 1.82) is 5.26 Å². The van der Waals surface area contributed by atoms with Crippen LogP contribution in [0, 0.1) is 11.3 Å². The Balaban J connectivity index is 2.34. The summed E-state index contributed by atoms with van der Waals surface area (Å²) in [6.07, 6.45) is 1.42. The van der Waals surface area contributed by atoms with Crippen LogP contribution < -0.4 is 16.4 Å². The van der Waals surface area contributed by atoms with Crippen molar-refractivity contribution in [2.75, 3.05) is 30.4 Å². The predicted octanol–water partition coefficient (Wildman–Crippen LogP) is -0.774. The molecule has 0 bridgehead atoms. The number of hydrogen-bond acceptors (Lipinski definition) is 6. The average molecular weight is 247 g/mol. The van der Waals surface area contributed by atoms with Crippen molar-refractivity contribution in [1.82, 2.24) is 4.98 Å². The van der Waals surface area contributed by atoms with Gasteiger partial charge in [-0.3, -0.25) is 4.79 Å². The number of primary amides is 1. The molecule has 1 saturated heterocycles. The van der Waals surface area contributed by atoms with Crippen LogP contribution in [0.25, 0.3) is 0 Å². The molecule has 2 heterocycles. The van der Waals surface area contributed by atoms with E-state index in [9.17, 15) is 4.79 Å². The topological polar surface area (TPSA) is 118 Å². The van der Waals surface area contributed by atoms with E-state index in [-0.39, 0.29) is 6.61 Å². The molecule has 1 amide bonds. The molecule has 4 N–H and O–H groups in total. The molecule has 1 aliphatic heterocycles. The van der Waals surface area contributed by atoms with Crippen LogP contribution in [0.3, 0.4) is 0 Å². The van der Waals surface area contributed by atoms with Gasteiger partial charge in [-0.1, -0.05) is 0 Å². The van der Waals surface area contributed by atoms with Crippen LogP contribution in [-0.2, 0) is 9.53 Å². The van der Waals surface area contributed by atoms with E-state index in [2.05, 4.69) is 4.98 Å². The van der Waals surface area contributed by atoms with E-state index in [0.29, 0.717) is 30.2 Å². The quantitative estimate of drug-likeness (QED) is 0.708. The number of anilines is 2. The van der Waals surface area contributed by atoms with Crippen molar-refractivity contribution < 1.29 is 9.53 Å². The van der Waals surface area contributed by atoms with Gasteiger partial charge in [0.25, 0.3) is 0 Å². The average Bonchev–Trinajstić information content (AvgIpc) is 2.38. The summed E-state index contributed by atoms with van der Waals surface area (Å²) in [6.45, 7) is 1.18. The van der Waals surface area contributed by atoms with E-state index < -0.39 is 11.9 Å². The molecule has 1 aliphatic rings. The van der Waals surface area contributed by atoms with Gasteiger partial charge in [-0.2, -0.15) is 5.26 Å². The molecule has 2 rings (SSSR count). The maximum absolute atomic E-state index is 11.4. The van der Waals surface area contributed by atoms with Crippen molar-refractivity contribution in [2.45, 2.75) is 6.04 Å². The zero-order valence-electron chi connectivity index (χ0n) is 9.67. The third kappa shape index (κ3) is 2.19. The molecule has 18 heavy (non-hydrogen) atoms. The lowest BCUT2D eigenvalue weighted by Crippen LogP contribution is -2.53.